The number of hydrogen-bond acceptors (Lipinski definition) is 4. The molecule has 2 aromatic rings. The first-order valence-electron chi connectivity index (χ1n) is 7.74. The molecule has 1 atom stereocenters. The molecule has 1 N–H and O–H groups in total. The Bertz CT molecular complexity index is 787. The van der Waals surface area contributed by atoms with E-state index in [1.165, 1.54) is 14.0 Å². The van der Waals surface area contributed by atoms with E-state index in [4.69, 9.17) is 21.1 Å². The van der Waals surface area contributed by atoms with Crippen LogP contribution >= 0.6 is 11.6 Å². The van der Waals surface area contributed by atoms with Crippen LogP contribution in [0.2, 0.25) is 5.02 Å². The van der Waals surface area contributed by atoms with E-state index >= 15 is 0 Å². The molecule has 0 fully saturated rings. The molecule has 0 saturated carbocycles. The molecule has 0 saturated heterocycles. The maximum Gasteiger partial charge on any atom is 0.265 e. The first-order chi connectivity index (χ1) is 11.8. The van der Waals surface area contributed by atoms with Gasteiger partial charge in [0, 0.05) is 16.7 Å². The van der Waals surface area contributed by atoms with E-state index < -0.39 is 6.10 Å². The van der Waals surface area contributed by atoms with E-state index in [0.717, 1.165) is 5.56 Å². The summed E-state index contributed by atoms with van der Waals surface area (Å²) in [6.07, 6.45) is -0.733. The van der Waals surface area contributed by atoms with Gasteiger partial charge in [0.15, 0.2) is 11.9 Å². The third-order valence-corrected chi connectivity index (χ3v) is 4.09. The number of rotatable bonds is 6. The van der Waals surface area contributed by atoms with Gasteiger partial charge in [0.2, 0.25) is 0 Å². The summed E-state index contributed by atoms with van der Waals surface area (Å²) < 4.78 is 10.9. The lowest BCUT2D eigenvalue weighted by molar-refractivity contribution is -0.122. The molecule has 5 nitrogen and oxygen atoms in total. The Morgan fingerprint density at radius 1 is 1.16 bits per heavy atom. The topological polar surface area (TPSA) is 64.6 Å². The smallest absolute Gasteiger partial charge is 0.265 e. The van der Waals surface area contributed by atoms with Gasteiger partial charge in [-0.15, -0.1) is 0 Å². The van der Waals surface area contributed by atoms with Crippen LogP contribution in [0.3, 0.4) is 0 Å². The van der Waals surface area contributed by atoms with Crippen molar-refractivity contribution in [1.29, 1.82) is 0 Å². The number of benzene rings is 2. The fourth-order valence-corrected chi connectivity index (χ4v) is 2.34. The number of halogens is 1. The van der Waals surface area contributed by atoms with Crippen LogP contribution in [0.4, 0.5) is 5.69 Å². The second kappa shape index (κ2) is 8.03. The van der Waals surface area contributed by atoms with Crippen molar-refractivity contribution < 1.29 is 19.1 Å². The van der Waals surface area contributed by atoms with Crippen LogP contribution in [0.5, 0.6) is 11.5 Å². The van der Waals surface area contributed by atoms with Crippen LogP contribution in [-0.2, 0) is 4.79 Å². The van der Waals surface area contributed by atoms with Crippen LogP contribution in [0.25, 0.3) is 0 Å². The van der Waals surface area contributed by atoms with Gasteiger partial charge in [0.1, 0.15) is 11.5 Å². The number of ether oxygens (including phenoxy) is 2. The van der Waals surface area contributed by atoms with Gasteiger partial charge in [-0.05, 0) is 56.7 Å². The second-order valence-corrected chi connectivity index (χ2v) is 6.04. The summed E-state index contributed by atoms with van der Waals surface area (Å²) in [6.45, 7) is 4.98. The minimum atomic E-state index is -0.733. The van der Waals surface area contributed by atoms with Gasteiger partial charge in [-0.25, -0.2) is 0 Å². The number of anilines is 1. The highest BCUT2D eigenvalue weighted by Crippen LogP contribution is 2.31. The SMILES string of the molecule is COc1cc(Cl)c(C)cc1NC(=O)C(C)Oc1ccc(C(C)=O)cc1. The van der Waals surface area contributed by atoms with Crippen LogP contribution in [0.15, 0.2) is 36.4 Å². The molecule has 0 bridgehead atoms. The molecule has 2 rings (SSSR count). The highest BCUT2D eigenvalue weighted by Gasteiger charge is 2.17. The summed E-state index contributed by atoms with van der Waals surface area (Å²) >= 11 is 6.06. The Labute approximate surface area is 151 Å². The summed E-state index contributed by atoms with van der Waals surface area (Å²) in [6, 6.07) is 10.0. The number of nitrogens with one attached hydrogen (secondary N) is 1. The Balaban J connectivity index is 2.07. The zero-order valence-electron chi connectivity index (χ0n) is 14.6. The number of hydrogen-bond donors (Lipinski definition) is 1. The predicted molar refractivity (Wildman–Crippen MR) is 97.9 cm³/mol. The predicted octanol–water partition coefficient (Wildman–Crippen LogP) is 4.27. The largest absolute Gasteiger partial charge is 0.495 e. The van der Waals surface area contributed by atoms with Crippen molar-refractivity contribution in [1.82, 2.24) is 0 Å². The maximum absolute atomic E-state index is 12.4. The minimum Gasteiger partial charge on any atom is -0.495 e. The second-order valence-electron chi connectivity index (χ2n) is 5.63. The first-order valence-corrected chi connectivity index (χ1v) is 8.12. The zero-order chi connectivity index (χ0) is 18.6. The molecule has 6 heteroatoms. The van der Waals surface area contributed by atoms with Crippen LogP contribution < -0.4 is 14.8 Å². The van der Waals surface area contributed by atoms with Crippen LogP contribution in [-0.4, -0.2) is 24.9 Å². The average Bonchev–Trinajstić information content (AvgIpc) is 2.58. The first kappa shape index (κ1) is 18.8. The molecule has 2 aromatic carbocycles. The molecule has 1 unspecified atom stereocenters. The Morgan fingerprint density at radius 3 is 2.36 bits per heavy atom. The Morgan fingerprint density at radius 2 is 1.80 bits per heavy atom. The molecule has 132 valence electrons. The van der Waals surface area contributed by atoms with Gasteiger partial charge in [0.25, 0.3) is 5.91 Å². The minimum absolute atomic E-state index is 0.0254. The summed E-state index contributed by atoms with van der Waals surface area (Å²) in [5.41, 5.74) is 1.94. The Kier molecular flexibility index (Phi) is 6.04. The summed E-state index contributed by atoms with van der Waals surface area (Å²) in [4.78, 5) is 23.7. The van der Waals surface area contributed by atoms with Crippen molar-refractivity contribution in [2.24, 2.45) is 0 Å². The quantitative estimate of drug-likeness (QED) is 0.780. The highest BCUT2D eigenvalue weighted by atomic mass is 35.5. The summed E-state index contributed by atoms with van der Waals surface area (Å²) in [5, 5.41) is 3.34. The zero-order valence-corrected chi connectivity index (χ0v) is 15.3. The monoisotopic (exact) mass is 361 g/mol. The molecule has 0 radical (unpaired) electrons. The average molecular weight is 362 g/mol. The Hall–Kier alpha value is -2.53. The lowest BCUT2D eigenvalue weighted by Crippen LogP contribution is -2.30. The number of Topliss-reactive ketones (excluding diaryl/α,β-unsaturated/α-hetero) is 1. The van der Waals surface area contributed by atoms with Crippen molar-refractivity contribution in [2.75, 3.05) is 12.4 Å². The fourth-order valence-electron chi connectivity index (χ4n) is 2.19. The van der Waals surface area contributed by atoms with Gasteiger partial charge in [-0.1, -0.05) is 11.6 Å². The van der Waals surface area contributed by atoms with Gasteiger partial charge in [-0.2, -0.15) is 0 Å². The number of methoxy groups -OCH3 is 1. The van der Waals surface area contributed by atoms with E-state index in [9.17, 15) is 9.59 Å². The standard InChI is InChI=1S/C19H20ClNO4/c1-11-9-17(18(24-4)10-16(11)20)21-19(23)13(3)25-15-7-5-14(6-8-15)12(2)22/h5-10,13H,1-4H3,(H,21,23). The van der Waals surface area contributed by atoms with Gasteiger partial charge < -0.3 is 14.8 Å². The lowest BCUT2D eigenvalue weighted by Gasteiger charge is -2.17. The molecule has 0 spiro atoms. The molecule has 0 aliphatic carbocycles. The third kappa shape index (κ3) is 4.73. The molecule has 1 amide bonds. The lowest BCUT2D eigenvalue weighted by atomic mass is 10.1. The van der Waals surface area contributed by atoms with Crippen molar-refractivity contribution in [2.45, 2.75) is 26.9 Å². The van der Waals surface area contributed by atoms with Crippen molar-refractivity contribution in [3.8, 4) is 11.5 Å². The van der Waals surface area contributed by atoms with Crippen LogP contribution in [0.1, 0.15) is 29.8 Å². The number of carbonyl (C=O) groups excluding carboxylic acids is 2. The van der Waals surface area contributed by atoms with E-state index in [1.54, 1.807) is 43.3 Å². The fraction of sp³-hybridized carbons (Fsp3) is 0.263. The number of carbonyl (C=O) groups is 2. The summed E-state index contributed by atoms with van der Waals surface area (Å²) in [5.74, 6) is 0.632. The molecule has 0 heterocycles. The van der Waals surface area contributed by atoms with E-state index in [1.807, 2.05) is 6.92 Å². The number of amides is 1. The third-order valence-electron chi connectivity index (χ3n) is 3.68. The van der Waals surface area contributed by atoms with E-state index in [-0.39, 0.29) is 11.7 Å². The van der Waals surface area contributed by atoms with E-state index in [2.05, 4.69) is 5.32 Å². The molecular formula is C19H20ClNO4. The maximum atomic E-state index is 12.4. The molecular weight excluding hydrogens is 342 g/mol. The van der Waals surface area contributed by atoms with Gasteiger partial charge in [0.05, 0.1) is 12.8 Å². The van der Waals surface area contributed by atoms with Gasteiger partial charge >= 0.3 is 0 Å². The van der Waals surface area contributed by atoms with Gasteiger partial charge in [-0.3, -0.25) is 9.59 Å². The molecule has 25 heavy (non-hydrogen) atoms. The van der Waals surface area contributed by atoms with Crippen molar-refractivity contribution in [3.63, 3.8) is 0 Å². The van der Waals surface area contributed by atoms with Crippen molar-refractivity contribution in [3.05, 3.63) is 52.5 Å². The molecule has 0 aliphatic heterocycles. The summed E-state index contributed by atoms with van der Waals surface area (Å²) in [7, 11) is 1.51. The van der Waals surface area contributed by atoms with E-state index in [0.29, 0.717) is 27.8 Å². The molecule has 0 aromatic heterocycles. The normalized spacial score (nSPS) is 11.6. The molecule has 0 aliphatic rings. The highest BCUT2D eigenvalue weighted by molar-refractivity contribution is 6.31. The van der Waals surface area contributed by atoms with Crippen molar-refractivity contribution >= 4 is 29.0 Å². The van der Waals surface area contributed by atoms with Crippen LogP contribution in [0, 0.1) is 6.92 Å². The number of aryl methyl sites for hydroxylation is 1. The number of ketones is 1.